The first-order valence-corrected chi connectivity index (χ1v) is 6.79. The van der Waals surface area contributed by atoms with E-state index in [0.29, 0.717) is 10.2 Å². The molecule has 0 aliphatic carbocycles. The minimum Gasteiger partial charge on any atom is -0.488 e. The molecule has 96 valence electrons. The number of benzene rings is 1. The Bertz CT molecular complexity index is 346. The van der Waals surface area contributed by atoms with Crippen LogP contribution in [0, 0.1) is 5.82 Å². The number of halogens is 2. The average molecular weight is 304 g/mol. The minimum atomic E-state index is -0.261. The fourth-order valence-corrected chi connectivity index (χ4v) is 2.02. The molecule has 0 radical (unpaired) electrons. The van der Waals surface area contributed by atoms with Crippen molar-refractivity contribution >= 4 is 15.9 Å². The first-order valence-electron chi connectivity index (χ1n) is 5.99. The van der Waals surface area contributed by atoms with Crippen LogP contribution in [0.15, 0.2) is 22.7 Å². The highest BCUT2D eigenvalue weighted by molar-refractivity contribution is 9.10. The van der Waals surface area contributed by atoms with E-state index < -0.39 is 0 Å². The molecule has 0 aromatic heterocycles. The number of hydrogen-bond acceptors (Lipinski definition) is 2. The Labute approximate surface area is 111 Å². The van der Waals surface area contributed by atoms with E-state index in [1.165, 1.54) is 12.1 Å². The second-order valence-electron chi connectivity index (χ2n) is 3.91. The third kappa shape index (κ3) is 5.04. The fraction of sp³-hybridized carbons (Fsp3) is 0.538. The van der Waals surface area contributed by atoms with Crippen LogP contribution in [0.25, 0.3) is 0 Å². The standard InChI is InChI=1S/C13H19BrFNO/c1-3-5-11(9-16-4-2)17-13-7-6-10(15)8-12(13)14/h6-8,11,16H,3-5,9H2,1-2H3. The third-order valence-corrected chi connectivity index (χ3v) is 3.04. The number of ether oxygens (including phenoxy) is 1. The van der Waals surface area contributed by atoms with Crippen LogP contribution in [0.5, 0.6) is 5.75 Å². The lowest BCUT2D eigenvalue weighted by molar-refractivity contribution is 0.186. The minimum absolute atomic E-state index is 0.127. The molecule has 0 aliphatic rings. The average Bonchev–Trinajstić information content (AvgIpc) is 2.29. The summed E-state index contributed by atoms with van der Waals surface area (Å²) in [6.45, 7) is 5.93. The third-order valence-electron chi connectivity index (χ3n) is 2.42. The van der Waals surface area contributed by atoms with Crippen LogP contribution in [-0.2, 0) is 0 Å². The molecule has 1 N–H and O–H groups in total. The van der Waals surface area contributed by atoms with Crippen molar-refractivity contribution in [2.75, 3.05) is 13.1 Å². The zero-order chi connectivity index (χ0) is 12.7. The summed E-state index contributed by atoms with van der Waals surface area (Å²) in [6, 6.07) is 4.50. The molecule has 0 bridgehead atoms. The molecule has 0 saturated carbocycles. The van der Waals surface area contributed by atoms with E-state index >= 15 is 0 Å². The molecule has 0 amide bonds. The predicted molar refractivity (Wildman–Crippen MR) is 72.0 cm³/mol. The maximum absolute atomic E-state index is 12.9. The van der Waals surface area contributed by atoms with Crippen LogP contribution in [-0.4, -0.2) is 19.2 Å². The molecule has 1 atom stereocenters. The molecule has 1 aromatic rings. The van der Waals surface area contributed by atoms with Gasteiger partial charge in [0.25, 0.3) is 0 Å². The van der Waals surface area contributed by atoms with Gasteiger partial charge in [0.2, 0.25) is 0 Å². The van der Waals surface area contributed by atoms with Crippen molar-refractivity contribution < 1.29 is 9.13 Å². The molecule has 0 heterocycles. The Kier molecular flexibility index (Phi) is 6.52. The molecule has 2 nitrogen and oxygen atoms in total. The zero-order valence-corrected chi connectivity index (χ0v) is 11.9. The lowest BCUT2D eigenvalue weighted by Crippen LogP contribution is -2.31. The second kappa shape index (κ2) is 7.67. The van der Waals surface area contributed by atoms with Crippen molar-refractivity contribution in [1.82, 2.24) is 5.32 Å². The highest BCUT2D eigenvalue weighted by Gasteiger charge is 2.11. The van der Waals surface area contributed by atoms with Crippen molar-refractivity contribution in [3.63, 3.8) is 0 Å². The van der Waals surface area contributed by atoms with Gasteiger partial charge in [-0.2, -0.15) is 0 Å². The Morgan fingerprint density at radius 2 is 2.18 bits per heavy atom. The van der Waals surface area contributed by atoms with Gasteiger partial charge in [-0.3, -0.25) is 0 Å². The summed E-state index contributed by atoms with van der Waals surface area (Å²) in [5.41, 5.74) is 0. The van der Waals surface area contributed by atoms with Crippen molar-refractivity contribution in [2.24, 2.45) is 0 Å². The second-order valence-corrected chi connectivity index (χ2v) is 4.77. The van der Waals surface area contributed by atoms with Gasteiger partial charge in [0.15, 0.2) is 0 Å². The molecule has 0 saturated heterocycles. The summed E-state index contributed by atoms with van der Waals surface area (Å²) in [7, 11) is 0. The molecule has 0 spiro atoms. The first kappa shape index (κ1) is 14.5. The Morgan fingerprint density at radius 1 is 1.41 bits per heavy atom. The number of hydrogen-bond donors (Lipinski definition) is 1. The van der Waals surface area contributed by atoms with Crippen molar-refractivity contribution in [3.05, 3.63) is 28.5 Å². The molecule has 1 unspecified atom stereocenters. The van der Waals surface area contributed by atoms with Gasteiger partial charge >= 0.3 is 0 Å². The van der Waals surface area contributed by atoms with E-state index in [0.717, 1.165) is 25.9 Å². The van der Waals surface area contributed by atoms with Crippen molar-refractivity contribution in [2.45, 2.75) is 32.8 Å². The Balaban J connectivity index is 2.64. The van der Waals surface area contributed by atoms with Gasteiger partial charge in [0.1, 0.15) is 17.7 Å². The molecule has 1 aromatic carbocycles. The van der Waals surface area contributed by atoms with Crippen molar-refractivity contribution in [3.8, 4) is 5.75 Å². The van der Waals surface area contributed by atoms with Gasteiger partial charge in [0, 0.05) is 6.54 Å². The Hall–Kier alpha value is -0.610. The molecule has 0 fully saturated rings. The molecule has 0 aliphatic heterocycles. The highest BCUT2D eigenvalue weighted by Crippen LogP contribution is 2.26. The van der Waals surface area contributed by atoms with Gasteiger partial charge in [-0.05, 0) is 47.1 Å². The van der Waals surface area contributed by atoms with E-state index in [-0.39, 0.29) is 11.9 Å². The van der Waals surface area contributed by atoms with Crippen LogP contribution in [0.4, 0.5) is 4.39 Å². The fourth-order valence-electron chi connectivity index (χ4n) is 1.58. The zero-order valence-electron chi connectivity index (χ0n) is 10.3. The van der Waals surface area contributed by atoms with Crippen LogP contribution in [0.2, 0.25) is 0 Å². The summed E-state index contributed by atoms with van der Waals surface area (Å²) in [4.78, 5) is 0. The molecule has 17 heavy (non-hydrogen) atoms. The van der Waals surface area contributed by atoms with E-state index in [4.69, 9.17) is 4.74 Å². The summed E-state index contributed by atoms with van der Waals surface area (Å²) < 4.78 is 19.5. The lowest BCUT2D eigenvalue weighted by atomic mass is 10.2. The van der Waals surface area contributed by atoms with E-state index in [9.17, 15) is 4.39 Å². The summed E-state index contributed by atoms with van der Waals surface area (Å²) in [5, 5.41) is 3.27. The van der Waals surface area contributed by atoms with Crippen LogP contribution in [0.1, 0.15) is 26.7 Å². The van der Waals surface area contributed by atoms with Crippen molar-refractivity contribution in [1.29, 1.82) is 0 Å². The monoisotopic (exact) mass is 303 g/mol. The van der Waals surface area contributed by atoms with Gasteiger partial charge in [0.05, 0.1) is 4.47 Å². The molecular formula is C13H19BrFNO. The summed E-state index contributed by atoms with van der Waals surface area (Å²) in [6.07, 6.45) is 2.17. The number of rotatable bonds is 7. The topological polar surface area (TPSA) is 21.3 Å². The van der Waals surface area contributed by atoms with Crippen LogP contribution >= 0.6 is 15.9 Å². The smallest absolute Gasteiger partial charge is 0.134 e. The molecule has 1 rings (SSSR count). The van der Waals surface area contributed by atoms with Gasteiger partial charge in [-0.25, -0.2) is 4.39 Å². The first-order chi connectivity index (χ1) is 8.17. The molecular weight excluding hydrogens is 285 g/mol. The van der Waals surface area contributed by atoms with Crippen LogP contribution in [0.3, 0.4) is 0 Å². The maximum Gasteiger partial charge on any atom is 0.134 e. The predicted octanol–water partition coefficient (Wildman–Crippen LogP) is 3.75. The Morgan fingerprint density at radius 3 is 2.76 bits per heavy atom. The van der Waals surface area contributed by atoms with E-state index in [2.05, 4.69) is 35.1 Å². The maximum atomic E-state index is 12.9. The largest absolute Gasteiger partial charge is 0.488 e. The lowest BCUT2D eigenvalue weighted by Gasteiger charge is -2.19. The van der Waals surface area contributed by atoms with Gasteiger partial charge < -0.3 is 10.1 Å². The quantitative estimate of drug-likeness (QED) is 0.828. The van der Waals surface area contributed by atoms with Crippen LogP contribution < -0.4 is 10.1 Å². The number of likely N-dealkylation sites (N-methyl/N-ethyl adjacent to an activating group) is 1. The van der Waals surface area contributed by atoms with E-state index in [1.807, 2.05) is 0 Å². The normalized spacial score (nSPS) is 12.5. The summed E-state index contributed by atoms with van der Waals surface area (Å²) >= 11 is 3.31. The van der Waals surface area contributed by atoms with E-state index in [1.54, 1.807) is 6.07 Å². The highest BCUT2D eigenvalue weighted by atomic mass is 79.9. The number of nitrogens with one attached hydrogen (secondary N) is 1. The van der Waals surface area contributed by atoms with Gasteiger partial charge in [-0.1, -0.05) is 20.3 Å². The van der Waals surface area contributed by atoms with Gasteiger partial charge in [-0.15, -0.1) is 0 Å². The summed E-state index contributed by atoms with van der Waals surface area (Å²) in [5.74, 6) is 0.436. The SMILES string of the molecule is CCCC(CNCC)Oc1ccc(F)cc1Br. The molecule has 4 heteroatoms.